The summed E-state index contributed by atoms with van der Waals surface area (Å²) in [6.45, 7) is 4.50. The first kappa shape index (κ1) is 15.0. The number of piperidine rings is 1. The van der Waals surface area contributed by atoms with Gasteiger partial charge in [0.2, 0.25) is 0 Å². The van der Waals surface area contributed by atoms with Crippen LogP contribution in [0.3, 0.4) is 0 Å². The number of aliphatic hydroxyl groups is 1. The lowest BCUT2D eigenvalue weighted by Crippen LogP contribution is -2.47. The van der Waals surface area contributed by atoms with E-state index in [4.69, 9.17) is 4.74 Å². The molecule has 1 aromatic rings. The molecule has 0 bridgehead atoms. The van der Waals surface area contributed by atoms with Crippen molar-refractivity contribution >= 4 is 5.97 Å². The van der Waals surface area contributed by atoms with E-state index in [2.05, 4.69) is 17.0 Å². The third-order valence-electron chi connectivity index (χ3n) is 3.81. The molecular weight excluding hydrogens is 254 g/mol. The van der Waals surface area contributed by atoms with Gasteiger partial charge in [-0.25, -0.2) is 0 Å². The molecule has 1 saturated heterocycles. The molecule has 1 N–H and O–H groups in total. The van der Waals surface area contributed by atoms with Crippen LogP contribution >= 0.6 is 0 Å². The summed E-state index contributed by atoms with van der Waals surface area (Å²) in [5, 5.41) is 9.94. The minimum atomic E-state index is -0.568. The molecular formula is C16H23NO3. The molecule has 1 aliphatic heterocycles. The normalized spacial score (nSPS) is 23.5. The lowest BCUT2D eigenvalue weighted by Gasteiger charge is -2.34. The fourth-order valence-electron chi connectivity index (χ4n) is 2.62. The second-order valence-corrected chi connectivity index (χ2v) is 5.25. The Kier molecular flexibility index (Phi) is 5.56. The summed E-state index contributed by atoms with van der Waals surface area (Å²) >= 11 is 0. The zero-order chi connectivity index (χ0) is 14.4. The quantitative estimate of drug-likeness (QED) is 0.828. The Balaban J connectivity index is 1.85. The van der Waals surface area contributed by atoms with Crippen molar-refractivity contribution in [3.63, 3.8) is 0 Å². The van der Waals surface area contributed by atoms with Gasteiger partial charge >= 0.3 is 5.97 Å². The topological polar surface area (TPSA) is 49.8 Å². The maximum absolute atomic E-state index is 11.8. The number of carbonyl (C=O) groups is 1. The minimum Gasteiger partial charge on any atom is -0.466 e. The summed E-state index contributed by atoms with van der Waals surface area (Å²) in [5.41, 5.74) is 1.30. The van der Waals surface area contributed by atoms with Gasteiger partial charge in [0.05, 0.1) is 18.6 Å². The van der Waals surface area contributed by atoms with Crippen molar-refractivity contribution in [2.45, 2.75) is 25.9 Å². The van der Waals surface area contributed by atoms with E-state index in [1.54, 1.807) is 6.92 Å². The monoisotopic (exact) mass is 277 g/mol. The van der Waals surface area contributed by atoms with Gasteiger partial charge in [-0.15, -0.1) is 0 Å². The van der Waals surface area contributed by atoms with Crippen molar-refractivity contribution in [2.75, 3.05) is 26.2 Å². The smallest absolute Gasteiger partial charge is 0.312 e. The molecule has 0 radical (unpaired) electrons. The van der Waals surface area contributed by atoms with Crippen LogP contribution in [0.2, 0.25) is 0 Å². The van der Waals surface area contributed by atoms with Crippen LogP contribution in [0.4, 0.5) is 0 Å². The molecule has 4 heteroatoms. The number of rotatable bonds is 5. The Bertz CT molecular complexity index is 421. The van der Waals surface area contributed by atoms with Crippen molar-refractivity contribution < 1.29 is 14.6 Å². The number of carbonyl (C=O) groups excluding carboxylic acids is 1. The van der Waals surface area contributed by atoms with Crippen LogP contribution in [0, 0.1) is 5.92 Å². The van der Waals surface area contributed by atoms with E-state index in [1.807, 2.05) is 18.2 Å². The van der Waals surface area contributed by atoms with Crippen molar-refractivity contribution in [2.24, 2.45) is 5.92 Å². The van der Waals surface area contributed by atoms with Gasteiger partial charge in [0.25, 0.3) is 0 Å². The van der Waals surface area contributed by atoms with E-state index >= 15 is 0 Å². The Hall–Kier alpha value is -1.39. The van der Waals surface area contributed by atoms with Gasteiger partial charge in [0.1, 0.15) is 0 Å². The predicted molar refractivity (Wildman–Crippen MR) is 77.3 cm³/mol. The van der Waals surface area contributed by atoms with Crippen molar-refractivity contribution in [3.8, 4) is 0 Å². The highest BCUT2D eigenvalue weighted by molar-refractivity contribution is 5.73. The molecule has 1 heterocycles. The summed E-state index contributed by atoms with van der Waals surface area (Å²) in [4.78, 5) is 14.1. The fourth-order valence-corrected chi connectivity index (χ4v) is 2.62. The number of esters is 1. The standard InChI is InChI=1S/C16H23NO3/c1-2-20-16(19)14-12-17(11-9-15(14)18)10-8-13-6-4-3-5-7-13/h3-7,14-15,18H,2,8-12H2,1H3. The first-order chi connectivity index (χ1) is 9.70. The van der Waals surface area contributed by atoms with E-state index < -0.39 is 12.0 Å². The number of hydrogen-bond donors (Lipinski definition) is 1. The molecule has 110 valence electrons. The minimum absolute atomic E-state index is 0.274. The predicted octanol–water partition coefficient (Wildman–Crippen LogP) is 1.47. The van der Waals surface area contributed by atoms with E-state index in [-0.39, 0.29) is 5.97 Å². The molecule has 0 aromatic heterocycles. The molecule has 4 nitrogen and oxygen atoms in total. The molecule has 0 spiro atoms. The van der Waals surface area contributed by atoms with Gasteiger partial charge in [-0.05, 0) is 25.3 Å². The first-order valence-electron chi connectivity index (χ1n) is 7.31. The zero-order valence-corrected chi connectivity index (χ0v) is 12.0. The summed E-state index contributed by atoms with van der Waals surface area (Å²) < 4.78 is 5.04. The maximum atomic E-state index is 11.8. The fraction of sp³-hybridized carbons (Fsp3) is 0.562. The Morgan fingerprint density at radius 2 is 2.15 bits per heavy atom. The third kappa shape index (κ3) is 4.05. The number of hydrogen-bond acceptors (Lipinski definition) is 4. The van der Waals surface area contributed by atoms with Gasteiger partial charge in [-0.1, -0.05) is 30.3 Å². The van der Waals surface area contributed by atoms with Gasteiger partial charge in [-0.3, -0.25) is 4.79 Å². The van der Waals surface area contributed by atoms with E-state index in [9.17, 15) is 9.90 Å². The van der Waals surface area contributed by atoms with Gasteiger partial charge < -0.3 is 14.7 Å². The van der Waals surface area contributed by atoms with Crippen LogP contribution in [0.5, 0.6) is 0 Å². The Labute approximate surface area is 120 Å². The molecule has 0 saturated carbocycles. The SMILES string of the molecule is CCOC(=O)C1CN(CCc2ccccc2)CCC1O. The number of aliphatic hydroxyl groups excluding tert-OH is 1. The summed E-state index contributed by atoms with van der Waals surface area (Å²) in [6, 6.07) is 10.3. The highest BCUT2D eigenvalue weighted by Crippen LogP contribution is 2.19. The molecule has 2 unspecified atom stereocenters. The molecule has 1 aliphatic rings. The van der Waals surface area contributed by atoms with Gasteiger partial charge in [-0.2, -0.15) is 0 Å². The van der Waals surface area contributed by atoms with Crippen LogP contribution < -0.4 is 0 Å². The largest absolute Gasteiger partial charge is 0.466 e. The van der Waals surface area contributed by atoms with Crippen LogP contribution in [0.25, 0.3) is 0 Å². The van der Waals surface area contributed by atoms with Crippen LogP contribution in [0.15, 0.2) is 30.3 Å². The zero-order valence-electron chi connectivity index (χ0n) is 12.0. The van der Waals surface area contributed by atoms with Crippen molar-refractivity contribution in [3.05, 3.63) is 35.9 Å². The maximum Gasteiger partial charge on any atom is 0.312 e. The van der Waals surface area contributed by atoms with Crippen LogP contribution in [-0.2, 0) is 16.0 Å². The number of nitrogens with zero attached hydrogens (tertiary/aromatic N) is 1. The van der Waals surface area contributed by atoms with Crippen molar-refractivity contribution in [1.29, 1.82) is 0 Å². The van der Waals surface area contributed by atoms with Crippen molar-refractivity contribution in [1.82, 2.24) is 4.90 Å². The van der Waals surface area contributed by atoms with E-state index in [0.717, 1.165) is 19.5 Å². The lowest BCUT2D eigenvalue weighted by molar-refractivity contribution is -0.155. The third-order valence-corrected chi connectivity index (χ3v) is 3.81. The second-order valence-electron chi connectivity index (χ2n) is 5.25. The number of ether oxygens (including phenoxy) is 1. The molecule has 2 atom stereocenters. The average molecular weight is 277 g/mol. The van der Waals surface area contributed by atoms with Gasteiger partial charge in [0.15, 0.2) is 0 Å². The first-order valence-corrected chi connectivity index (χ1v) is 7.31. The molecule has 0 amide bonds. The number of benzene rings is 1. The molecule has 20 heavy (non-hydrogen) atoms. The molecule has 1 fully saturated rings. The molecule has 2 rings (SSSR count). The van der Waals surface area contributed by atoms with Crippen LogP contribution in [-0.4, -0.2) is 48.3 Å². The van der Waals surface area contributed by atoms with Crippen LogP contribution in [0.1, 0.15) is 18.9 Å². The highest BCUT2D eigenvalue weighted by atomic mass is 16.5. The summed E-state index contributed by atoms with van der Waals surface area (Å²) in [6.07, 6.45) is 1.03. The van der Waals surface area contributed by atoms with Gasteiger partial charge in [0, 0.05) is 19.6 Å². The Morgan fingerprint density at radius 1 is 1.40 bits per heavy atom. The Morgan fingerprint density at radius 3 is 2.85 bits per heavy atom. The summed E-state index contributed by atoms with van der Waals surface area (Å²) in [5.74, 6) is -0.677. The van der Waals surface area contributed by atoms with E-state index in [0.29, 0.717) is 19.6 Å². The lowest BCUT2D eigenvalue weighted by atomic mass is 9.94. The average Bonchev–Trinajstić information content (AvgIpc) is 2.47. The highest BCUT2D eigenvalue weighted by Gasteiger charge is 2.33. The molecule has 0 aliphatic carbocycles. The second kappa shape index (κ2) is 7.41. The summed E-state index contributed by atoms with van der Waals surface area (Å²) in [7, 11) is 0. The van der Waals surface area contributed by atoms with E-state index in [1.165, 1.54) is 5.56 Å². The number of likely N-dealkylation sites (tertiary alicyclic amines) is 1. The molecule has 1 aromatic carbocycles.